The zero-order valence-electron chi connectivity index (χ0n) is 10.1. The lowest BCUT2D eigenvalue weighted by molar-refractivity contribution is 0.302. The van der Waals surface area contributed by atoms with Gasteiger partial charge in [-0.05, 0) is 19.2 Å². The number of aromatic nitrogens is 1. The molecule has 4 heteroatoms. The molecule has 0 aliphatic rings. The Kier molecular flexibility index (Phi) is 5.82. The Morgan fingerprint density at radius 3 is 2.69 bits per heavy atom. The first-order valence-corrected chi connectivity index (χ1v) is 5.87. The summed E-state index contributed by atoms with van der Waals surface area (Å²) in [5.41, 5.74) is 0.898. The van der Waals surface area contributed by atoms with Gasteiger partial charge in [-0.1, -0.05) is 19.9 Å². The summed E-state index contributed by atoms with van der Waals surface area (Å²) in [6.45, 7) is 9.21. The third kappa shape index (κ3) is 4.59. The van der Waals surface area contributed by atoms with Crippen LogP contribution in [0.1, 0.15) is 19.5 Å². The van der Waals surface area contributed by atoms with Crippen molar-refractivity contribution in [1.29, 1.82) is 0 Å². The Morgan fingerprint density at radius 2 is 2.06 bits per heavy atom. The van der Waals surface area contributed by atoms with Gasteiger partial charge < -0.3 is 15.2 Å². The Balaban J connectivity index is 2.23. The number of aromatic amines is 1. The summed E-state index contributed by atoms with van der Waals surface area (Å²) in [5, 5.41) is 3.32. The van der Waals surface area contributed by atoms with Gasteiger partial charge >= 0.3 is 0 Å². The number of nitrogens with zero attached hydrogens (tertiary/aromatic N) is 1. The van der Waals surface area contributed by atoms with Crippen LogP contribution in [0, 0.1) is 0 Å². The third-order valence-corrected chi connectivity index (χ3v) is 2.64. The Labute approximate surface area is 96.7 Å². The first kappa shape index (κ1) is 12.9. The first-order chi connectivity index (χ1) is 7.76. The van der Waals surface area contributed by atoms with Crippen molar-refractivity contribution < 1.29 is 0 Å². The van der Waals surface area contributed by atoms with Crippen molar-refractivity contribution in [3.8, 4) is 0 Å². The summed E-state index contributed by atoms with van der Waals surface area (Å²) < 4.78 is 0. The SMILES string of the molecule is CCN(CC)CCNCc1cccc(=O)[nH]1. The Morgan fingerprint density at radius 1 is 1.31 bits per heavy atom. The summed E-state index contributed by atoms with van der Waals surface area (Å²) in [7, 11) is 0. The maximum Gasteiger partial charge on any atom is 0.248 e. The van der Waals surface area contributed by atoms with Crippen molar-refractivity contribution >= 4 is 0 Å². The van der Waals surface area contributed by atoms with Gasteiger partial charge in [0.2, 0.25) is 5.56 Å². The van der Waals surface area contributed by atoms with E-state index in [9.17, 15) is 4.79 Å². The molecule has 1 aromatic heterocycles. The minimum atomic E-state index is -0.0388. The summed E-state index contributed by atoms with van der Waals surface area (Å²) in [6.07, 6.45) is 0. The van der Waals surface area contributed by atoms with Crippen LogP contribution in [0.5, 0.6) is 0 Å². The van der Waals surface area contributed by atoms with Crippen molar-refractivity contribution in [2.45, 2.75) is 20.4 Å². The molecule has 0 aliphatic heterocycles. The lowest BCUT2D eigenvalue weighted by Gasteiger charge is -2.17. The second-order valence-corrected chi connectivity index (χ2v) is 3.74. The molecule has 0 saturated heterocycles. The van der Waals surface area contributed by atoms with Crippen LogP contribution in [0.4, 0.5) is 0 Å². The molecule has 0 unspecified atom stereocenters. The number of hydrogen-bond donors (Lipinski definition) is 2. The van der Waals surface area contributed by atoms with E-state index < -0.39 is 0 Å². The molecule has 90 valence electrons. The van der Waals surface area contributed by atoms with Gasteiger partial charge in [-0.15, -0.1) is 0 Å². The van der Waals surface area contributed by atoms with Gasteiger partial charge in [0, 0.05) is 31.4 Å². The van der Waals surface area contributed by atoms with Crippen LogP contribution < -0.4 is 10.9 Å². The van der Waals surface area contributed by atoms with Crippen LogP contribution in [-0.4, -0.2) is 36.1 Å². The van der Waals surface area contributed by atoms with Crippen molar-refractivity contribution in [1.82, 2.24) is 15.2 Å². The van der Waals surface area contributed by atoms with E-state index in [1.54, 1.807) is 6.07 Å². The van der Waals surface area contributed by atoms with Crippen LogP contribution >= 0.6 is 0 Å². The molecular formula is C12H21N3O. The molecule has 4 nitrogen and oxygen atoms in total. The highest BCUT2D eigenvalue weighted by molar-refractivity contribution is 5.03. The molecule has 0 saturated carbocycles. The van der Waals surface area contributed by atoms with Crippen LogP contribution in [0.25, 0.3) is 0 Å². The number of hydrogen-bond acceptors (Lipinski definition) is 3. The van der Waals surface area contributed by atoms with Crippen molar-refractivity contribution in [2.75, 3.05) is 26.2 Å². The molecule has 1 rings (SSSR count). The molecule has 1 aromatic rings. The molecule has 0 amide bonds. The van der Waals surface area contributed by atoms with E-state index in [1.807, 2.05) is 6.07 Å². The maximum absolute atomic E-state index is 11.0. The lowest BCUT2D eigenvalue weighted by Crippen LogP contribution is -2.32. The molecule has 1 heterocycles. The first-order valence-electron chi connectivity index (χ1n) is 5.87. The molecule has 0 aliphatic carbocycles. The van der Waals surface area contributed by atoms with E-state index in [0.717, 1.165) is 38.4 Å². The quantitative estimate of drug-likeness (QED) is 0.672. The second kappa shape index (κ2) is 7.19. The van der Waals surface area contributed by atoms with E-state index in [0.29, 0.717) is 0 Å². The Hall–Kier alpha value is -1.13. The highest BCUT2D eigenvalue weighted by Gasteiger charge is 1.98. The molecule has 16 heavy (non-hydrogen) atoms. The Bertz CT molecular complexity index is 344. The van der Waals surface area contributed by atoms with Crippen molar-refractivity contribution in [2.24, 2.45) is 0 Å². The standard InChI is InChI=1S/C12H21N3O/c1-3-15(4-2)9-8-13-10-11-6-5-7-12(16)14-11/h5-7,13H,3-4,8-10H2,1-2H3,(H,14,16). The van der Waals surface area contributed by atoms with E-state index >= 15 is 0 Å². The number of likely N-dealkylation sites (N-methyl/N-ethyl adjacent to an activating group) is 1. The monoisotopic (exact) mass is 223 g/mol. The van der Waals surface area contributed by atoms with Crippen molar-refractivity contribution in [3.63, 3.8) is 0 Å². The van der Waals surface area contributed by atoms with Gasteiger partial charge in [0.15, 0.2) is 0 Å². The number of H-pyrrole nitrogens is 1. The molecule has 0 spiro atoms. The summed E-state index contributed by atoms with van der Waals surface area (Å²) in [4.78, 5) is 16.2. The minimum absolute atomic E-state index is 0.0388. The largest absolute Gasteiger partial charge is 0.325 e. The van der Waals surface area contributed by atoms with Crippen LogP contribution in [0.2, 0.25) is 0 Å². The summed E-state index contributed by atoms with van der Waals surface area (Å²) >= 11 is 0. The fourth-order valence-electron chi connectivity index (χ4n) is 1.60. The van der Waals surface area contributed by atoms with Crippen LogP contribution in [0.15, 0.2) is 23.0 Å². The zero-order chi connectivity index (χ0) is 11.8. The van der Waals surface area contributed by atoms with E-state index in [4.69, 9.17) is 0 Å². The molecule has 0 fully saturated rings. The van der Waals surface area contributed by atoms with E-state index in [2.05, 4.69) is 29.0 Å². The number of rotatable bonds is 7. The average molecular weight is 223 g/mol. The summed E-state index contributed by atoms with van der Waals surface area (Å²) in [6, 6.07) is 5.23. The van der Waals surface area contributed by atoms with Gasteiger partial charge in [0.1, 0.15) is 0 Å². The summed E-state index contributed by atoms with van der Waals surface area (Å²) in [5.74, 6) is 0. The number of nitrogens with one attached hydrogen (secondary N) is 2. The average Bonchev–Trinajstić information content (AvgIpc) is 2.29. The molecule has 0 atom stereocenters. The zero-order valence-corrected chi connectivity index (χ0v) is 10.1. The predicted octanol–water partition coefficient (Wildman–Crippen LogP) is 0.806. The minimum Gasteiger partial charge on any atom is -0.325 e. The highest BCUT2D eigenvalue weighted by atomic mass is 16.1. The van der Waals surface area contributed by atoms with Gasteiger partial charge in [-0.2, -0.15) is 0 Å². The maximum atomic E-state index is 11.0. The molecule has 0 bridgehead atoms. The van der Waals surface area contributed by atoms with Crippen molar-refractivity contribution in [3.05, 3.63) is 34.2 Å². The fraction of sp³-hybridized carbons (Fsp3) is 0.583. The molecule has 0 aromatic carbocycles. The smallest absolute Gasteiger partial charge is 0.248 e. The molecular weight excluding hydrogens is 202 g/mol. The molecule has 2 N–H and O–H groups in total. The molecule has 0 radical (unpaired) electrons. The topological polar surface area (TPSA) is 48.1 Å². The van der Waals surface area contributed by atoms with Gasteiger partial charge in [0.25, 0.3) is 0 Å². The number of pyridine rings is 1. The van der Waals surface area contributed by atoms with Crippen LogP contribution in [-0.2, 0) is 6.54 Å². The van der Waals surface area contributed by atoms with Gasteiger partial charge in [-0.3, -0.25) is 4.79 Å². The second-order valence-electron chi connectivity index (χ2n) is 3.74. The highest BCUT2D eigenvalue weighted by Crippen LogP contribution is 1.89. The van der Waals surface area contributed by atoms with E-state index in [-0.39, 0.29) is 5.56 Å². The fourth-order valence-corrected chi connectivity index (χ4v) is 1.60. The van der Waals surface area contributed by atoms with Crippen LogP contribution in [0.3, 0.4) is 0 Å². The predicted molar refractivity (Wildman–Crippen MR) is 66.6 cm³/mol. The van der Waals surface area contributed by atoms with Gasteiger partial charge in [0.05, 0.1) is 0 Å². The normalized spacial score (nSPS) is 10.9. The lowest BCUT2D eigenvalue weighted by atomic mass is 10.3. The van der Waals surface area contributed by atoms with E-state index in [1.165, 1.54) is 6.07 Å². The van der Waals surface area contributed by atoms with Gasteiger partial charge in [-0.25, -0.2) is 0 Å². The third-order valence-electron chi connectivity index (χ3n) is 2.64.